The SMILES string of the molecule is O=C(O)C(F)(F)F.O=S1(=O)NCC2(CCN(c3ncccn3)CC2)COc2ccccc21. The molecule has 13 heteroatoms. The van der Waals surface area contributed by atoms with Gasteiger partial charge in [-0.2, -0.15) is 13.2 Å². The van der Waals surface area contributed by atoms with Gasteiger partial charge in [0.25, 0.3) is 0 Å². The zero-order valence-electron chi connectivity index (χ0n) is 16.7. The minimum atomic E-state index is -5.08. The van der Waals surface area contributed by atoms with Crippen molar-refractivity contribution in [2.45, 2.75) is 23.9 Å². The zero-order valence-corrected chi connectivity index (χ0v) is 17.6. The van der Waals surface area contributed by atoms with Gasteiger partial charge in [0.1, 0.15) is 10.6 Å². The van der Waals surface area contributed by atoms with Gasteiger partial charge in [0.2, 0.25) is 16.0 Å². The number of nitrogens with one attached hydrogen (secondary N) is 1. The Balaban J connectivity index is 0.000000360. The van der Waals surface area contributed by atoms with Crippen LogP contribution in [0.3, 0.4) is 0 Å². The number of benzene rings is 1. The first-order chi connectivity index (χ1) is 15.0. The van der Waals surface area contributed by atoms with E-state index in [-0.39, 0.29) is 10.3 Å². The number of piperidine rings is 1. The topological polar surface area (TPSA) is 122 Å². The van der Waals surface area contributed by atoms with Gasteiger partial charge < -0.3 is 14.7 Å². The van der Waals surface area contributed by atoms with Gasteiger partial charge in [0, 0.05) is 37.4 Å². The standard InChI is InChI=1S/C17H20N4O3S.C2HF3O2/c22-25(23)15-5-2-1-4-14(15)24-13-17(12-20-25)6-10-21(11-7-17)16-18-8-3-9-19-16;3-2(4,5)1(6)7/h1-5,8-9,20H,6-7,10-13H2;(H,6,7). The van der Waals surface area contributed by atoms with Crippen LogP contribution in [0.2, 0.25) is 0 Å². The lowest BCUT2D eigenvalue weighted by Crippen LogP contribution is -2.50. The number of para-hydroxylation sites is 1. The number of carboxylic acids is 1. The first-order valence-electron chi connectivity index (χ1n) is 9.56. The second-order valence-corrected chi connectivity index (χ2v) is 9.13. The molecule has 1 aromatic carbocycles. The molecule has 0 bridgehead atoms. The molecule has 9 nitrogen and oxygen atoms in total. The first-order valence-corrected chi connectivity index (χ1v) is 11.0. The van der Waals surface area contributed by atoms with Gasteiger partial charge in [-0.25, -0.2) is 27.9 Å². The predicted octanol–water partition coefficient (Wildman–Crippen LogP) is 2.07. The van der Waals surface area contributed by atoms with Gasteiger partial charge in [-0.15, -0.1) is 0 Å². The molecular formula is C19H21F3N4O5S. The molecule has 2 aliphatic rings. The van der Waals surface area contributed by atoms with Gasteiger partial charge in [-0.3, -0.25) is 0 Å². The van der Waals surface area contributed by atoms with Gasteiger partial charge in [-0.05, 0) is 31.0 Å². The van der Waals surface area contributed by atoms with Crippen LogP contribution in [0.25, 0.3) is 0 Å². The maximum absolute atomic E-state index is 12.5. The largest absolute Gasteiger partial charge is 0.492 e. The Morgan fingerprint density at radius 2 is 1.72 bits per heavy atom. The number of rotatable bonds is 1. The Morgan fingerprint density at radius 1 is 1.12 bits per heavy atom. The summed E-state index contributed by atoms with van der Waals surface area (Å²) in [6.45, 7) is 2.43. The lowest BCUT2D eigenvalue weighted by atomic mass is 9.79. The summed E-state index contributed by atoms with van der Waals surface area (Å²) in [4.78, 5) is 19.8. The normalized spacial score (nSPS) is 19.4. The molecule has 2 aromatic rings. The van der Waals surface area contributed by atoms with E-state index in [0.29, 0.717) is 18.9 Å². The highest BCUT2D eigenvalue weighted by Crippen LogP contribution is 2.36. The van der Waals surface area contributed by atoms with E-state index in [1.807, 2.05) is 0 Å². The number of halogens is 3. The number of hydrogen-bond acceptors (Lipinski definition) is 7. The molecule has 1 fully saturated rings. The third kappa shape index (κ3) is 5.65. The maximum Gasteiger partial charge on any atom is 0.490 e. The minimum absolute atomic E-state index is 0.208. The van der Waals surface area contributed by atoms with Gasteiger partial charge >= 0.3 is 12.1 Å². The molecule has 2 N–H and O–H groups in total. The fraction of sp³-hybridized carbons (Fsp3) is 0.421. The number of aromatic nitrogens is 2. The second-order valence-electron chi connectivity index (χ2n) is 7.40. The molecule has 174 valence electrons. The van der Waals surface area contributed by atoms with Crippen molar-refractivity contribution in [3.63, 3.8) is 0 Å². The van der Waals surface area contributed by atoms with E-state index in [2.05, 4.69) is 19.6 Å². The molecule has 0 atom stereocenters. The smallest absolute Gasteiger partial charge is 0.490 e. The van der Waals surface area contributed by atoms with Gasteiger partial charge in [0.15, 0.2) is 0 Å². The summed E-state index contributed by atoms with van der Waals surface area (Å²) in [6, 6.07) is 8.57. The minimum Gasteiger partial charge on any atom is -0.492 e. The van der Waals surface area contributed by atoms with E-state index in [1.54, 1.807) is 42.7 Å². The maximum atomic E-state index is 12.5. The second kappa shape index (κ2) is 9.28. The van der Waals surface area contributed by atoms with Crippen molar-refractivity contribution >= 4 is 21.9 Å². The fourth-order valence-corrected chi connectivity index (χ4v) is 4.66. The van der Waals surface area contributed by atoms with Crippen molar-refractivity contribution < 1.29 is 36.2 Å². The van der Waals surface area contributed by atoms with Crippen LogP contribution in [0.5, 0.6) is 5.75 Å². The number of nitrogens with zero attached hydrogens (tertiary/aromatic N) is 3. The summed E-state index contributed by atoms with van der Waals surface area (Å²) in [6.07, 6.45) is 0.0132. The summed E-state index contributed by atoms with van der Waals surface area (Å²) in [5, 5.41) is 7.12. The lowest BCUT2D eigenvalue weighted by Gasteiger charge is -2.42. The van der Waals surface area contributed by atoms with E-state index in [0.717, 1.165) is 31.9 Å². The quantitative estimate of drug-likeness (QED) is 0.644. The van der Waals surface area contributed by atoms with Crippen molar-refractivity contribution in [1.29, 1.82) is 0 Å². The Hall–Kier alpha value is -2.93. The lowest BCUT2D eigenvalue weighted by molar-refractivity contribution is -0.192. The summed E-state index contributed by atoms with van der Waals surface area (Å²) < 4.78 is 65.5. The van der Waals surface area contributed by atoms with E-state index in [4.69, 9.17) is 14.6 Å². The van der Waals surface area contributed by atoms with Crippen LogP contribution >= 0.6 is 0 Å². The number of fused-ring (bicyclic) bond motifs is 1. The highest BCUT2D eigenvalue weighted by atomic mass is 32.2. The van der Waals surface area contributed by atoms with Crippen LogP contribution in [-0.4, -0.2) is 61.9 Å². The fourth-order valence-electron chi connectivity index (χ4n) is 3.36. The molecule has 0 saturated carbocycles. The van der Waals surface area contributed by atoms with Crippen molar-refractivity contribution in [1.82, 2.24) is 14.7 Å². The van der Waals surface area contributed by atoms with Crippen LogP contribution in [0, 0.1) is 5.41 Å². The summed E-state index contributed by atoms with van der Waals surface area (Å²) in [5.74, 6) is -1.62. The molecule has 32 heavy (non-hydrogen) atoms. The van der Waals surface area contributed by atoms with E-state index >= 15 is 0 Å². The highest BCUT2D eigenvalue weighted by Gasteiger charge is 2.39. The van der Waals surface area contributed by atoms with Crippen LogP contribution in [0.4, 0.5) is 19.1 Å². The summed E-state index contributed by atoms with van der Waals surface area (Å²) in [7, 11) is -3.56. The molecule has 4 rings (SSSR count). The molecule has 1 aromatic heterocycles. The third-order valence-corrected chi connectivity index (χ3v) is 6.65. The zero-order chi connectivity index (χ0) is 23.4. The average molecular weight is 474 g/mol. The van der Waals surface area contributed by atoms with Crippen molar-refractivity contribution in [3.05, 3.63) is 42.7 Å². The highest BCUT2D eigenvalue weighted by molar-refractivity contribution is 7.89. The molecule has 1 saturated heterocycles. The third-order valence-electron chi connectivity index (χ3n) is 5.21. The number of sulfonamides is 1. The van der Waals surface area contributed by atoms with Crippen LogP contribution in [0.1, 0.15) is 12.8 Å². The number of carboxylic acid groups (broad SMARTS) is 1. The molecule has 1 spiro atoms. The average Bonchev–Trinajstić information content (AvgIpc) is 2.77. The van der Waals surface area contributed by atoms with E-state index in [9.17, 15) is 21.6 Å². The van der Waals surface area contributed by atoms with Crippen LogP contribution in [-0.2, 0) is 14.8 Å². The number of aliphatic carboxylic acids is 1. The van der Waals surface area contributed by atoms with Crippen LogP contribution < -0.4 is 14.4 Å². The van der Waals surface area contributed by atoms with E-state index in [1.165, 1.54) is 0 Å². The van der Waals surface area contributed by atoms with Crippen LogP contribution in [0.15, 0.2) is 47.6 Å². The molecule has 0 amide bonds. The number of hydrogen-bond donors (Lipinski definition) is 2. The monoisotopic (exact) mass is 474 g/mol. The number of alkyl halides is 3. The Bertz CT molecular complexity index is 1040. The van der Waals surface area contributed by atoms with Crippen molar-refractivity contribution in [2.24, 2.45) is 5.41 Å². The molecule has 2 aliphatic heterocycles. The Morgan fingerprint density at radius 3 is 2.31 bits per heavy atom. The molecule has 0 unspecified atom stereocenters. The van der Waals surface area contributed by atoms with E-state index < -0.39 is 22.2 Å². The number of ether oxygens (including phenoxy) is 1. The predicted molar refractivity (Wildman–Crippen MR) is 107 cm³/mol. The summed E-state index contributed by atoms with van der Waals surface area (Å²) >= 11 is 0. The molecule has 3 heterocycles. The summed E-state index contributed by atoms with van der Waals surface area (Å²) in [5.41, 5.74) is -0.216. The molecule has 0 radical (unpaired) electrons. The molecular weight excluding hydrogens is 453 g/mol. The Labute approximate surface area is 182 Å². The molecule has 0 aliphatic carbocycles. The van der Waals surface area contributed by atoms with Gasteiger partial charge in [-0.1, -0.05) is 12.1 Å². The Kier molecular flexibility index (Phi) is 6.88. The van der Waals surface area contributed by atoms with Crippen molar-refractivity contribution in [3.8, 4) is 5.75 Å². The van der Waals surface area contributed by atoms with Crippen molar-refractivity contribution in [2.75, 3.05) is 31.1 Å². The number of carbonyl (C=O) groups is 1. The first kappa shape index (κ1) is 23.7. The van der Waals surface area contributed by atoms with Gasteiger partial charge in [0.05, 0.1) is 6.61 Å². The number of anilines is 1.